The first-order valence-electron chi connectivity index (χ1n) is 8.89. The summed E-state index contributed by atoms with van der Waals surface area (Å²) in [4.78, 5) is 28.5. The average Bonchev–Trinajstić information content (AvgIpc) is 2.99. The number of carbonyl (C=O) groups is 2. The molecule has 0 saturated carbocycles. The quantitative estimate of drug-likeness (QED) is 0.780. The van der Waals surface area contributed by atoms with Crippen LogP contribution in [0, 0.1) is 13.8 Å². The number of rotatable bonds is 5. The molecule has 0 aliphatic carbocycles. The number of para-hydroxylation sites is 1. The van der Waals surface area contributed by atoms with Gasteiger partial charge in [-0.05, 0) is 26.0 Å². The van der Waals surface area contributed by atoms with E-state index in [1.807, 2.05) is 0 Å². The summed E-state index contributed by atoms with van der Waals surface area (Å²) >= 11 is 0. The lowest BCUT2D eigenvalue weighted by atomic mass is 10.1. The summed E-state index contributed by atoms with van der Waals surface area (Å²) < 4.78 is 34.6. The first-order valence-corrected chi connectivity index (χ1v) is 8.89. The van der Waals surface area contributed by atoms with Crippen molar-refractivity contribution < 1.29 is 27.6 Å². The summed E-state index contributed by atoms with van der Waals surface area (Å²) in [5, 5.41) is 3.85. The summed E-state index contributed by atoms with van der Waals surface area (Å²) in [5.41, 5.74) is 1.55. The van der Waals surface area contributed by atoms with Gasteiger partial charge < -0.3 is 19.1 Å². The van der Waals surface area contributed by atoms with Gasteiger partial charge in [-0.2, -0.15) is 8.78 Å². The minimum atomic E-state index is -3.01. The second-order valence-electron chi connectivity index (χ2n) is 6.53. The second-order valence-corrected chi connectivity index (χ2v) is 6.53. The Bertz CT molecular complexity index is 841. The van der Waals surface area contributed by atoms with Crippen LogP contribution in [-0.4, -0.2) is 59.6 Å². The normalized spacial score (nSPS) is 14.5. The van der Waals surface area contributed by atoms with Crippen molar-refractivity contribution >= 4 is 11.8 Å². The summed E-state index contributed by atoms with van der Waals surface area (Å²) in [6.45, 7) is 1.90. The SMILES string of the molecule is Cc1noc(C)c1CC(=O)N1CCN(C(=O)c2ccccc2OC(F)F)CC1. The number of benzene rings is 1. The average molecular weight is 393 g/mol. The minimum Gasteiger partial charge on any atom is -0.434 e. The highest BCUT2D eigenvalue weighted by Gasteiger charge is 2.27. The van der Waals surface area contributed by atoms with Crippen LogP contribution in [0.1, 0.15) is 27.4 Å². The number of aryl methyl sites for hydroxylation is 2. The molecule has 1 saturated heterocycles. The van der Waals surface area contributed by atoms with E-state index in [-0.39, 0.29) is 23.6 Å². The molecule has 28 heavy (non-hydrogen) atoms. The molecule has 3 rings (SSSR count). The molecule has 1 aromatic carbocycles. The van der Waals surface area contributed by atoms with E-state index < -0.39 is 12.5 Å². The van der Waals surface area contributed by atoms with Gasteiger partial charge in [0.15, 0.2) is 0 Å². The summed E-state index contributed by atoms with van der Waals surface area (Å²) in [5.74, 6) is 0.00622. The van der Waals surface area contributed by atoms with Crippen LogP contribution in [0.5, 0.6) is 5.75 Å². The fraction of sp³-hybridized carbons (Fsp3) is 0.421. The zero-order valence-electron chi connectivity index (χ0n) is 15.7. The van der Waals surface area contributed by atoms with Crippen molar-refractivity contribution in [2.75, 3.05) is 26.2 Å². The molecule has 1 aromatic heterocycles. The zero-order valence-corrected chi connectivity index (χ0v) is 15.7. The Kier molecular flexibility index (Phi) is 5.91. The summed E-state index contributed by atoms with van der Waals surface area (Å²) in [7, 11) is 0. The molecule has 0 N–H and O–H groups in total. The number of hydrogen-bond acceptors (Lipinski definition) is 5. The Morgan fingerprint density at radius 3 is 2.39 bits per heavy atom. The lowest BCUT2D eigenvalue weighted by Gasteiger charge is -2.35. The third kappa shape index (κ3) is 4.29. The molecule has 7 nitrogen and oxygen atoms in total. The number of alkyl halides is 2. The van der Waals surface area contributed by atoms with E-state index in [2.05, 4.69) is 9.89 Å². The van der Waals surface area contributed by atoms with E-state index in [1.54, 1.807) is 24.8 Å². The van der Waals surface area contributed by atoms with Gasteiger partial charge in [0, 0.05) is 31.7 Å². The fourth-order valence-electron chi connectivity index (χ4n) is 3.19. The van der Waals surface area contributed by atoms with E-state index in [4.69, 9.17) is 4.52 Å². The van der Waals surface area contributed by atoms with Crippen LogP contribution in [0.4, 0.5) is 8.78 Å². The summed E-state index contributed by atoms with van der Waals surface area (Å²) in [6, 6.07) is 5.91. The molecular formula is C19H21F2N3O4. The zero-order chi connectivity index (χ0) is 20.3. The predicted molar refractivity (Wildman–Crippen MR) is 95.2 cm³/mol. The highest BCUT2D eigenvalue weighted by molar-refractivity contribution is 5.97. The standard InChI is InChI=1S/C19H21F2N3O4/c1-12-15(13(2)28-22-12)11-17(25)23-7-9-24(10-8-23)18(26)14-5-3-4-6-16(14)27-19(20)21/h3-6,19H,7-11H2,1-2H3. The Morgan fingerprint density at radius 2 is 1.79 bits per heavy atom. The van der Waals surface area contributed by atoms with E-state index in [0.29, 0.717) is 37.6 Å². The number of aromatic nitrogens is 1. The smallest absolute Gasteiger partial charge is 0.387 e. The minimum absolute atomic E-state index is 0.0667. The van der Waals surface area contributed by atoms with Gasteiger partial charge in [-0.3, -0.25) is 9.59 Å². The van der Waals surface area contributed by atoms with Gasteiger partial charge in [0.2, 0.25) is 5.91 Å². The van der Waals surface area contributed by atoms with Gasteiger partial charge in [0.05, 0.1) is 17.7 Å². The van der Waals surface area contributed by atoms with Crippen molar-refractivity contribution in [3.63, 3.8) is 0 Å². The maximum Gasteiger partial charge on any atom is 0.387 e. The number of amides is 2. The number of nitrogens with zero attached hydrogens (tertiary/aromatic N) is 3. The molecule has 9 heteroatoms. The molecule has 1 aliphatic rings. The van der Waals surface area contributed by atoms with Crippen molar-refractivity contribution in [2.45, 2.75) is 26.9 Å². The molecule has 2 heterocycles. The Morgan fingerprint density at radius 1 is 1.14 bits per heavy atom. The van der Waals surface area contributed by atoms with E-state index in [1.165, 1.54) is 23.1 Å². The third-order valence-corrected chi connectivity index (χ3v) is 4.76. The van der Waals surface area contributed by atoms with Crippen LogP contribution in [0.25, 0.3) is 0 Å². The predicted octanol–water partition coefficient (Wildman–Crippen LogP) is 2.42. The molecule has 0 atom stereocenters. The molecule has 2 aromatic rings. The second kappa shape index (κ2) is 8.37. The highest BCUT2D eigenvalue weighted by Crippen LogP contribution is 2.23. The van der Waals surface area contributed by atoms with Crippen LogP contribution in [0.2, 0.25) is 0 Å². The van der Waals surface area contributed by atoms with E-state index in [9.17, 15) is 18.4 Å². The lowest BCUT2D eigenvalue weighted by molar-refractivity contribution is -0.132. The number of ether oxygens (including phenoxy) is 1. The van der Waals surface area contributed by atoms with Crippen LogP contribution >= 0.6 is 0 Å². The molecule has 0 bridgehead atoms. The topological polar surface area (TPSA) is 75.9 Å². The third-order valence-electron chi connectivity index (χ3n) is 4.76. The van der Waals surface area contributed by atoms with Crippen LogP contribution < -0.4 is 4.74 Å². The maximum atomic E-state index is 12.7. The van der Waals surface area contributed by atoms with Gasteiger partial charge in [0.25, 0.3) is 5.91 Å². The van der Waals surface area contributed by atoms with Crippen LogP contribution in [-0.2, 0) is 11.2 Å². The largest absolute Gasteiger partial charge is 0.434 e. The van der Waals surface area contributed by atoms with Crippen LogP contribution in [0.15, 0.2) is 28.8 Å². The lowest BCUT2D eigenvalue weighted by Crippen LogP contribution is -2.51. The van der Waals surface area contributed by atoms with Gasteiger partial charge in [0.1, 0.15) is 11.5 Å². The first-order chi connectivity index (χ1) is 13.4. The molecular weight excluding hydrogens is 372 g/mol. The number of piperazine rings is 1. The van der Waals surface area contributed by atoms with Gasteiger partial charge >= 0.3 is 6.61 Å². The Balaban J connectivity index is 1.61. The first kappa shape index (κ1) is 19.8. The van der Waals surface area contributed by atoms with Crippen molar-refractivity contribution in [1.82, 2.24) is 15.0 Å². The molecule has 2 amide bonds. The fourth-order valence-corrected chi connectivity index (χ4v) is 3.19. The van der Waals surface area contributed by atoms with Crippen molar-refractivity contribution in [3.05, 3.63) is 46.8 Å². The number of carbonyl (C=O) groups excluding carboxylic acids is 2. The number of halogens is 2. The highest BCUT2D eigenvalue weighted by atomic mass is 19.3. The van der Waals surface area contributed by atoms with Gasteiger partial charge in [-0.25, -0.2) is 0 Å². The van der Waals surface area contributed by atoms with Gasteiger partial charge in [-0.1, -0.05) is 17.3 Å². The van der Waals surface area contributed by atoms with E-state index >= 15 is 0 Å². The Hall–Kier alpha value is -2.97. The van der Waals surface area contributed by atoms with Crippen molar-refractivity contribution in [3.8, 4) is 5.75 Å². The summed E-state index contributed by atoms with van der Waals surface area (Å²) in [6.07, 6.45) is 0.195. The molecule has 1 aliphatic heterocycles. The van der Waals surface area contributed by atoms with E-state index in [0.717, 1.165) is 5.56 Å². The molecule has 1 fully saturated rings. The van der Waals surface area contributed by atoms with Crippen molar-refractivity contribution in [2.24, 2.45) is 0 Å². The monoisotopic (exact) mass is 393 g/mol. The number of hydrogen-bond donors (Lipinski definition) is 0. The maximum absolute atomic E-state index is 12.7. The molecule has 0 radical (unpaired) electrons. The molecule has 150 valence electrons. The molecule has 0 spiro atoms. The molecule has 0 unspecified atom stereocenters. The van der Waals surface area contributed by atoms with Crippen LogP contribution in [0.3, 0.4) is 0 Å². The van der Waals surface area contributed by atoms with Gasteiger partial charge in [-0.15, -0.1) is 0 Å². The van der Waals surface area contributed by atoms with Crippen molar-refractivity contribution in [1.29, 1.82) is 0 Å². The Labute approximate surface area is 160 Å².